The maximum absolute atomic E-state index is 4.05. The number of hydrogen-bond donors (Lipinski definition) is 0. The van der Waals surface area contributed by atoms with Gasteiger partial charge in [-0.2, -0.15) is 0 Å². The van der Waals surface area contributed by atoms with E-state index < -0.39 is 0 Å². The third-order valence-corrected chi connectivity index (χ3v) is 2.34. The molecule has 0 heteroatoms. The van der Waals surface area contributed by atoms with Crippen molar-refractivity contribution in [2.24, 2.45) is 0 Å². The van der Waals surface area contributed by atoms with Crippen LogP contribution in [0.25, 0.3) is 0 Å². The van der Waals surface area contributed by atoms with E-state index in [1.165, 1.54) is 16.7 Å². The zero-order chi connectivity index (χ0) is 8.55. The van der Waals surface area contributed by atoms with Crippen molar-refractivity contribution >= 4 is 0 Å². The lowest BCUT2D eigenvalue weighted by Gasteiger charge is -2.21. The molecule has 0 saturated heterocycles. The minimum absolute atomic E-state index is 0.978. The van der Waals surface area contributed by atoms with Crippen molar-refractivity contribution < 1.29 is 0 Å². The fourth-order valence-electron chi connectivity index (χ4n) is 1.77. The van der Waals surface area contributed by atoms with Gasteiger partial charge in [0.15, 0.2) is 0 Å². The van der Waals surface area contributed by atoms with Gasteiger partial charge in [0.25, 0.3) is 0 Å². The summed E-state index contributed by atoms with van der Waals surface area (Å²) in [5, 5.41) is 0. The SMILES string of the molecule is C=C1C=CCC2=C1C(=C)CC=C2. The molecule has 0 N–H and O–H groups in total. The molecule has 12 heavy (non-hydrogen) atoms. The Labute approximate surface area is 73.3 Å². The van der Waals surface area contributed by atoms with Crippen molar-refractivity contribution in [2.75, 3.05) is 0 Å². The molecule has 0 spiro atoms. The molecule has 0 bridgehead atoms. The summed E-state index contributed by atoms with van der Waals surface area (Å²) in [5.41, 5.74) is 4.99. The smallest absolute Gasteiger partial charge is 0.00880 e. The van der Waals surface area contributed by atoms with E-state index in [9.17, 15) is 0 Å². The van der Waals surface area contributed by atoms with E-state index in [0.717, 1.165) is 18.4 Å². The first-order valence-electron chi connectivity index (χ1n) is 4.22. The molecule has 0 nitrogen and oxygen atoms in total. The maximum atomic E-state index is 4.05. The van der Waals surface area contributed by atoms with Crippen molar-refractivity contribution in [3.63, 3.8) is 0 Å². The van der Waals surface area contributed by atoms with Crippen LogP contribution < -0.4 is 0 Å². The molecule has 0 amide bonds. The van der Waals surface area contributed by atoms with Crippen molar-refractivity contribution in [1.29, 1.82) is 0 Å². The van der Waals surface area contributed by atoms with Crippen LogP contribution in [0.5, 0.6) is 0 Å². The molecule has 0 fully saturated rings. The fraction of sp³-hybridized carbons (Fsp3) is 0.167. The highest BCUT2D eigenvalue weighted by Gasteiger charge is 2.14. The number of rotatable bonds is 0. The van der Waals surface area contributed by atoms with Crippen LogP contribution in [-0.4, -0.2) is 0 Å². The molecule has 60 valence electrons. The summed E-state index contributed by atoms with van der Waals surface area (Å²) in [5.74, 6) is 0. The van der Waals surface area contributed by atoms with Gasteiger partial charge in [-0.3, -0.25) is 0 Å². The van der Waals surface area contributed by atoms with E-state index in [4.69, 9.17) is 0 Å². The van der Waals surface area contributed by atoms with Crippen LogP contribution in [0.1, 0.15) is 12.8 Å². The monoisotopic (exact) mass is 156 g/mol. The molecule has 2 aliphatic rings. The van der Waals surface area contributed by atoms with Gasteiger partial charge in [0.1, 0.15) is 0 Å². The summed E-state index contributed by atoms with van der Waals surface area (Å²) < 4.78 is 0. The average molecular weight is 156 g/mol. The largest absolute Gasteiger partial charge is 0.0949 e. The van der Waals surface area contributed by atoms with Crippen molar-refractivity contribution in [3.8, 4) is 0 Å². The summed E-state index contributed by atoms with van der Waals surface area (Å²) in [6.45, 7) is 8.05. The second kappa shape index (κ2) is 2.63. The second-order valence-corrected chi connectivity index (χ2v) is 3.24. The molecule has 0 saturated carbocycles. The molecule has 0 heterocycles. The van der Waals surface area contributed by atoms with Gasteiger partial charge in [-0.05, 0) is 35.1 Å². The fourth-order valence-corrected chi connectivity index (χ4v) is 1.77. The van der Waals surface area contributed by atoms with Crippen molar-refractivity contribution in [2.45, 2.75) is 12.8 Å². The van der Waals surface area contributed by atoms with Crippen LogP contribution in [0.2, 0.25) is 0 Å². The molecule has 0 radical (unpaired) electrons. The van der Waals surface area contributed by atoms with E-state index in [0.29, 0.717) is 0 Å². The third-order valence-electron chi connectivity index (χ3n) is 2.34. The minimum Gasteiger partial charge on any atom is -0.0949 e. The van der Waals surface area contributed by atoms with Gasteiger partial charge in [-0.15, -0.1) is 0 Å². The Morgan fingerprint density at radius 3 is 2.50 bits per heavy atom. The lowest BCUT2D eigenvalue weighted by Crippen LogP contribution is -2.02. The predicted octanol–water partition coefficient (Wildman–Crippen LogP) is 3.32. The van der Waals surface area contributed by atoms with Gasteiger partial charge >= 0.3 is 0 Å². The normalized spacial score (nSPS) is 21.7. The standard InChI is InChI=1S/C12H12/c1-9-5-3-7-11-8-4-6-10(2)12(9)11/h3-5,8H,1-2,6-7H2. The summed E-state index contributed by atoms with van der Waals surface area (Å²) in [4.78, 5) is 0. The number of allylic oxidation sites excluding steroid dienone is 8. The van der Waals surface area contributed by atoms with E-state index >= 15 is 0 Å². The lowest BCUT2D eigenvalue weighted by molar-refractivity contribution is 1.10. The highest BCUT2D eigenvalue weighted by Crippen LogP contribution is 2.33. The molecule has 0 aliphatic heterocycles. The molecular weight excluding hydrogens is 144 g/mol. The predicted molar refractivity (Wildman–Crippen MR) is 52.8 cm³/mol. The van der Waals surface area contributed by atoms with Crippen LogP contribution in [-0.2, 0) is 0 Å². The van der Waals surface area contributed by atoms with Gasteiger partial charge in [0.05, 0.1) is 0 Å². The van der Waals surface area contributed by atoms with Crippen LogP contribution >= 0.6 is 0 Å². The summed E-state index contributed by atoms with van der Waals surface area (Å²) in [6.07, 6.45) is 10.6. The zero-order valence-electron chi connectivity index (χ0n) is 7.14. The zero-order valence-corrected chi connectivity index (χ0v) is 7.14. The first-order valence-corrected chi connectivity index (χ1v) is 4.22. The topological polar surface area (TPSA) is 0 Å². The summed E-state index contributed by atoms with van der Waals surface area (Å²) in [6, 6.07) is 0. The second-order valence-electron chi connectivity index (χ2n) is 3.24. The van der Waals surface area contributed by atoms with E-state index in [1.54, 1.807) is 0 Å². The molecular formula is C12H12. The van der Waals surface area contributed by atoms with E-state index in [-0.39, 0.29) is 0 Å². The van der Waals surface area contributed by atoms with E-state index in [1.807, 2.05) is 0 Å². The minimum atomic E-state index is 0.978. The molecule has 0 unspecified atom stereocenters. The molecule has 0 aromatic rings. The lowest BCUT2D eigenvalue weighted by atomic mass is 9.84. The van der Waals surface area contributed by atoms with Crippen LogP contribution in [0, 0.1) is 0 Å². The molecule has 2 aliphatic carbocycles. The molecule has 0 aromatic heterocycles. The van der Waals surface area contributed by atoms with Gasteiger partial charge in [-0.25, -0.2) is 0 Å². The molecule has 2 rings (SSSR count). The van der Waals surface area contributed by atoms with Gasteiger partial charge < -0.3 is 0 Å². The van der Waals surface area contributed by atoms with Crippen molar-refractivity contribution in [3.05, 3.63) is 59.8 Å². The maximum Gasteiger partial charge on any atom is -0.00880 e. The quantitative estimate of drug-likeness (QED) is 0.504. The van der Waals surface area contributed by atoms with Crippen LogP contribution in [0.4, 0.5) is 0 Å². The molecule has 0 atom stereocenters. The Bertz CT molecular complexity index is 335. The van der Waals surface area contributed by atoms with Gasteiger partial charge in [0, 0.05) is 0 Å². The Kier molecular flexibility index (Phi) is 1.61. The number of hydrogen-bond acceptors (Lipinski definition) is 0. The highest BCUT2D eigenvalue weighted by atomic mass is 14.2. The first kappa shape index (κ1) is 7.35. The van der Waals surface area contributed by atoms with Crippen molar-refractivity contribution in [1.82, 2.24) is 0 Å². The van der Waals surface area contributed by atoms with E-state index in [2.05, 4.69) is 37.5 Å². The van der Waals surface area contributed by atoms with Crippen LogP contribution in [0.3, 0.4) is 0 Å². The Balaban J connectivity index is 2.50. The molecule has 0 aromatic carbocycles. The Morgan fingerprint density at radius 2 is 1.75 bits per heavy atom. The summed E-state index contributed by atoms with van der Waals surface area (Å²) >= 11 is 0. The average Bonchev–Trinajstić information content (AvgIpc) is 2.04. The first-order chi connectivity index (χ1) is 5.79. The Morgan fingerprint density at radius 1 is 1.00 bits per heavy atom. The third kappa shape index (κ3) is 1.00. The summed E-state index contributed by atoms with van der Waals surface area (Å²) in [7, 11) is 0. The highest BCUT2D eigenvalue weighted by molar-refractivity contribution is 5.59. The van der Waals surface area contributed by atoms with Gasteiger partial charge in [0.2, 0.25) is 0 Å². The van der Waals surface area contributed by atoms with Crippen LogP contribution in [0.15, 0.2) is 59.8 Å². The Hall–Kier alpha value is -1.30. The van der Waals surface area contributed by atoms with Gasteiger partial charge in [-0.1, -0.05) is 37.5 Å².